The molecule has 1 aliphatic rings. The van der Waals surface area contributed by atoms with Gasteiger partial charge in [-0.3, -0.25) is 0 Å². The molecule has 2 heterocycles. The molecule has 0 spiro atoms. The second-order valence-electron chi connectivity index (χ2n) is 3.50. The van der Waals surface area contributed by atoms with Crippen LogP contribution in [0.1, 0.15) is 13.3 Å². The molecule has 1 N–H and O–H groups in total. The molecule has 13 heavy (non-hydrogen) atoms. The molecule has 2 rings (SSSR count). The predicted octanol–water partition coefficient (Wildman–Crippen LogP) is 0.745. The third kappa shape index (κ3) is 1.81. The van der Waals surface area contributed by atoms with Crippen molar-refractivity contribution in [2.75, 3.05) is 18.0 Å². The summed E-state index contributed by atoms with van der Waals surface area (Å²) in [6.45, 7) is 3.76. The summed E-state index contributed by atoms with van der Waals surface area (Å²) in [6.07, 6.45) is 0.804. The van der Waals surface area contributed by atoms with E-state index in [4.69, 9.17) is 0 Å². The number of aliphatic hydroxyl groups is 1. The van der Waals surface area contributed by atoms with Crippen molar-refractivity contribution in [3.05, 3.63) is 5.51 Å². The molecule has 0 aliphatic carbocycles. The van der Waals surface area contributed by atoms with Gasteiger partial charge < -0.3 is 10.0 Å². The first kappa shape index (κ1) is 8.90. The Morgan fingerprint density at radius 2 is 2.54 bits per heavy atom. The monoisotopic (exact) mass is 199 g/mol. The maximum Gasteiger partial charge on any atom is 0.208 e. The molecular weight excluding hydrogens is 186 g/mol. The van der Waals surface area contributed by atoms with Crippen LogP contribution in [0.3, 0.4) is 0 Å². The number of nitrogens with zero attached hydrogens (tertiary/aromatic N) is 3. The lowest BCUT2D eigenvalue weighted by Crippen LogP contribution is -2.42. The second-order valence-corrected chi connectivity index (χ2v) is 4.31. The van der Waals surface area contributed by atoms with Crippen LogP contribution in [0.2, 0.25) is 0 Å². The van der Waals surface area contributed by atoms with Crippen LogP contribution in [0.15, 0.2) is 5.51 Å². The van der Waals surface area contributed by atoms with Gasteiger partial charge in [-0.05, 0) is 12.3 Å². The summed E-state index contributed by atoms with van der Waals surface area (Å²) in [4.78, 5) is 2.10. The first-order valence-electron chi connectivity index (χ1n) is 4.46. The summed E-state index contributed by atoms with van der Waals surface area (Å²) in [7, 11) is 0. The molecule has 0 bridgehead atoms. The number of aromatic nitrogens is 2. The largest absolute Gasteiger partial charge is 0.391 e. The Labute approximate surface area is 81.2 Å². The van der Waals surface area contributed by atoms with Gasteiger partial charge in [0.2, 0.25) is 5.13 Å². The molecule has 2 atom stereocenters. The van der Waals surface area contributed by atoms with Crippen LogP contribution in [0, 0.1) is 5.92 Å². The smallest absolute Gasteiger partial charge is 0.208 e. The minimum atomic E-state index is -0.224. The van der Waals surface area contributed by atoms with Gasteiger partial charge in [-0.2, -0.15) is 0 Å². The molecule has 1 aromatic rings. The molecule has 1 fully saturated rings. The van der Waals surface area contributed by atoms with E-state index in [1.54, 1.807) is 5.51 Å². The Morgan fingerprint density at radius 3 is 3.15 bits per heavy atom. The highest BCUT2D eigenvalue weighted by atomic mass is 32.1. The van der Waals surface area contributed by atoms with Crippen LogP contribution >= 0.6 is 11.3 Å². The van der Waals surface area contributed by atoms with Crippen molar-refractivity contribution < 1.29 is 5.11 Å². The summed E-state index contributed by atoms with van der Waals surface area (Å²) in [5, 5.41) is 18.4. The second kappa shape index (κ2) is 3.59. The fourth-order valence-electron chi connectivity index (χ4n) is 1.53. The van der Waals surface area contributed by atoms with Crippen molar-refractivity contribution in [3.8, 4) is 0 Å². The fourth-order valence-corrected chi connectivity index (χ4v) is 2.13. The van der Waals surface area contributed by atoms with Gasteiger partial charge in [-0.25, -0.2) is 0 Å². The maximum absolute atomic E-state index is 9.66. The standard InChI is InChI=1S/C8H13N3OS/c1-6-2-3-11(4-7(6)12)8-10-9-5-13-8/h5-7,12H,2-4H2,1H3. The van der Waals surface area contributed by atoms with Crippen LogP contribution in [-0.4, -0.2) is 34.5 Å². The third-order valence-corrected chi connectivity index (χ3v) is 3.29. The lowest BCUT2D eigenvalue weighted by Gasteiger charge is -2.33. The van der Waals surface area contributed by atoms with E-state index in [2.05, 4.69) is 22.0 Å². The van der Waals surface area contributed by atoms with Crippen molar-refractivity contribution in [1.29, 1.82) is 0 Å². The fraction of sp³-hybridized carbons (Fsp3) is 0.750. The Kier molecular flexibility index (Phi) is 2.46. The van der Waals surface area contributed by atoms with Crippen molar-refractivity contribution in [1.82, 2.24) is 10.2 Å². The van der Waals surface area contributed by atoms with Gasteiger partial charge >= 0.3 is 0 Å². The minimum absolute atomic E-state index is 0.224. The number of anilines is 1. The normalized spacial score (nSPS) is 29.2. The molecule has 5 heteroatoms. The molecule has 4 nitrogen and oxygen atoms in total. The zero-order valence-electron chi connectivity index (χ0n) is 7.55. The summed E-state index contributed by atoms with van der Waals surface area (Å²) in [6, 6.07) is 0. The highest BCUT2D eigenvalue weighted by Crippen LogP contribution is 2.23. The van der Waals surface area contributed by atoms with Crippen LogP contribution in [-0.2, 0) is 0 Å². The van der Waals surface area contributed by atoms with Crippen LogP contribution < -0.4 is 4.90 Å². The van der Waals surface area contributed by atoms with Crippen molar-refractivity contribution >= 4 is 16.5 Å². The number of rotatable bonds is 1. The lowest BCUT2D eigenvalue weighted by molar-refractivity contribution is 0.103. The summed E-state index contributed by atoms with van der Waals surface area (Å²) >= 11 is 1.53. The molecule has 1 aliphatic heterocycles. The summed E-state index contributed by atoms with van der Waals surface area (Å²) in [5.41, 5.74) is 1.72. The summed E-state index contributed by atoms with van der Waals surface area (Å²) < 4.78 is 0. The molecule has 0 amide bonds. The van der Waals surface area contributed by atoms with Gasteiger partial charge in [0.25, 0.3) is 0 Å². The van der Waals surface area contributed by atoms with Crippen LogP contribution in [0.25, 0.3) is 0 Å². The maximum atomic E-state index is 9.66. The van der Waals surface area contributed by atoms with Gasteiger partial charge in [0.05, 0.1) is 6.10 Å². The third-order valence-electron chi connectivity index (χ3n) is 2.54. The zero-order valence-corrected chi connectivity index (χ0v) is 8.37. The van der Waals surface area contributed by atoms with E-state index in [1.807, 2.05) is 0 Å². The predicted molar refractivity (Wildman–Crippen MR) is 51.9 cm³/mol. The SMILES string of the molecule is CC1CCN(c2nncs2)CC1O. The molecular formula is C8H13N3OS. The number of hydrogen-bond donors (Lipinski definition) is 1. The molecule has 72 valence electrons. The molecule has 0 aromatic carbocycles. The van der Waals surface area contributed by atoms with E-state index >= 15 is 0 Å². The van der Waals surface area contributed by atoms with E-state index in [1.165, 1.54) is 11.3 Å². The molecule has 0 saturated carbocycles. The van der Waals surface area contributed by atoms with Gasteiger partial charge in [0.15, 0.2) is 0 Å². The first-order chi connectivity index (χ1) is 6.27. The number of piperidine rings is 1. The van der Waals surface area contributed by atoms with Gasteiger partial charge in [0, 0.05) is 13.1 Å². The molecule has 2 unspecified atom stereocenters. The van der Waals surface area contributed by atoms with Gasteiger partial charge in [-0.1, -0.05) is 18.3 Å². The Bertz CT molecular complexity index is 264. The average Bonchev–Trinajstić information content (AvgIpc) is 2.62. The van der Waals surface area contributed by atoms with E-state index in [9.17, 15) is 5.11 Å². The number of β-amino-alcohol motifs (C(OH)–C–C–N with tert-alkyl or cyclic N) is 1. The van der Waals surface area contributed by atoms with Crippen LogP contribution in [0.4, 0.5) is 5.13 Å². The van der Waals surface area contributed by atoms with E-state index in [0.29, 0.717) is 12.5 Å². The topological polar surface area (TPSA) is 49.2 Å². The van der Waals surface area contributed by atoms with Crippen LogP contribution in [0.5, 0.6) is 0 Å². The van der Waals surface area contributed by atoms with E-state index < -0.39 is 0 Å². The lowest BCUT2D eigenvalue weighted by atomic mass is 9.96. The van der Waals surface area contributed by atoms with Crippen molar-refractivity contribution in [2.45, 2.75) is 19.4 Å². The highest BCUT2D eigenvalue weighted by Gasteiger charge is 2.25. The van der Waals surface area contributed by atoms with Crippen molar-refractivity contribution in [2.24, 2.45) is 5.92 Å². The Morgan fingerprint density at radius 1 is 1.69 bits per heavy atom. The Hall–Kier alpha value is -0.680. The van der Waals surface area contributed by atoms with Crippen molar-refractivity contribution in [3.63, 3.8) is 0 Å². The van der Waals surface area contributed by atoms with Gasteiger partial charge in [0.1, 0.15) is 5.51 Å². The molecule has 1 aromatic heterocycles. The Balaban J connectivity index is 2.03. The highest BCUT2D eigenvalue weighted by molar-refractivity contribution is 7.13. The zero-order chi connectivity index (χ0) is 9.26. The van der Waals surface area contributed by atoms with Gasteiger partial charge in [-0.15, -0.1) is 10.2 Å². The average molecular weight is 199 g/mol. The minimum Gasteiger partial charge on any atom is -0.391 e. The number of hydrogen-bond acceptors (Lipinski definition) is 5. The quantitative estimate of drug-likeness (QED) is 0.725. The summed E-state index contributed by atoms with van der Waals surface area (Å²) in [5.74, 6) is 0.407. The number of aliphatic hydroxyl groups excluding tert-OH is 1. The van der Waals surface area contributed by atoms with E-state index in [0.717, 1.165) is 18.1 Å². The molecule has 1 saturated heterocycles. The van der Waals surface area contributed by atoms with E-state index in [-0.39, 0.29) is 6.10 Å². The molecule has 0 radical (unpaired) electrons. The first-order valence-corrected chi connectivity index (χ1v) is 5.34.